The Kier molecular flexibility index (Phi) is 3.97. The molecule has 0 bridgehead atoms. The van der Waals surface area contributed by atoms with E-state index in [0.717, 1.165) is 12.0 Å². The second-order valence-electron chi connectivity index (χ2n) is 6.32. The monoisotopic (exact) mass is 297 g/mol. The van der Waals surface area contributed by atoms with Crippen molar-refractivity contribution in [2.45, 2.75) is 37.0 Å². The van der Waals surface area contributed by atoms with Crippen LogP contribution >= 0.6 is 0 Å². The first-order valence-corrected chi connectivity index (χ1v) is 8.76. The molecule has 0 spiro atoms. The molecular weight excluding hydrogens is 274 g/mol. The average molecular weight is 297 g/mol. The molecule has 1 aromatic carbocycles. The normalized spacial score (nSPS) is 22.8. The minimum absolute atomic E-state index is 0.330. The molecule has 1 aliphatic carbocycles. The molecule has 1 unspecified atom stereocenters. The highest BCUT2D eigenvalue weighted by Crippen LogP contribution is 2.36. The van der Waals surface area contributed by atoms with E-state index in [4.69, 9.17) is 0 Å². The van der Waals surface area contributed by atoms with Gasteiger partial charge in [0.25, 0.3) is 0 Å². The zero-order valence-electron chi connectivity index (χ0n) is 12.3. The van der Waals surface area contributed by atoms with E-state index >= 15 is 0 Å². The zero-order valence-corrected chi connectivity index (χ0v) is 13.1. The summed E-state index contributed by atoms with van der Waals surface area (Å²) >= 11 is 0. The molecule has 112 valence electrons. The first-order chi connectivity index (χ1) is 9.16. The van der Waals surface area contributed by atoms with Gasteiger partial charge in [0, 0.05) is 19.3 Å². The second-order valence-corrected chi connectivity index (χ2v) is 8.97. The quantitative estimate of drug-likeness (QED) is 0.858. The van der Waals surface area contributed by atoms with Gasteiger partial charge in [0.05, 0.1) is 4.75 Å². The Bertz CT molecular complexity index is 595. The molecule has 0 saturated heterocycles. The van der Waals surface area contributed by atoms with E-state index in [9.17, 15) is 13.5 Å². The fourth-order valence-electron chi connectivity index (χ4n) is 2.55. The van der Waals surface area contributed by atoms with Crippen molar-refractivity contribution in [1.29, 1.82) is 0 Å². The molecule has 2 rings (SSSR count). The maximum atomic E-state index is 11.7. The van der Waals surface area contributed by atoms with Crippen molar-refractivity contribution in [3.05, 3.63) is 35.4 Å². The molecule has 4 nitrogen and oxygen atoms in total. The van der Waals surface area contributed by atoms with Crippen LogP contribution in [-0.4, -0.2) is 37.6 Å². The molecule has 2 N–H and O–H groups in total. The third kappa shape index (κ3) is 2.90. The number of fused-ring (bicyclic) bond motifs is 1. The number of aryl methyl sites for hydroxylation is 1. The van der Waals surface area contributed by atoms with Crippen molar-refractivity contribution in [3.8, 4) is 0 Å². The number of aliphatic hydroxyl groups is 1. The van der Waals surface area contributed by atoms with Crippen molar-refractivity contribution >= 4 is 9.84 Å². The molecule has 1 aromatic rings. The SMILES string of the molecule is CC(C)(CNCC1(O)CCc2ccccc21)S(C)(=O)=O. The first-order valence-electron chi connectivity index (χ1n) is 6.87. The van der Waals surface area contributed by atoms with Crippen molar-refractivity contribution in [2.75, 3.05) is 19.3 Å². The lowest BCUT2D eigenvalue weighted by Gasteiger charge is -2.28. The van der Waals surface area contributed by atoms with E-state index in [1.807, 2.05) is 24.3 Å². The van der Waals surface area contributed by atoms with Gasteiger partial charge < -0.3 is 10.4 Å². The summed E-state index contributed by atoms with van der Waals surface area (Å²) in [5, 5.41) is 13.9. The van der Waals surface area contributed by atoms with Crippen molar-refractivity contribution in [1.82, 2.24) is 5.32 Å². The van der Waals surface area contributed by atoms with Crippen LogP contribution < -0.4 is 5.32 Å². The van der Waals surface area contributed by atoms with Crippen molar-refractivity contribution in [3.63, 3.8) is 0 Å². The topological polar surface area (TPSA) is 66.4 Å². The van der Waals surface area contributed by atoms with Gasteiger partial charge in [-0.2, -0.15) is 0 Å². The number of hydrogen-bond acceptors (Lipinski definition) is 4. The number of benzene rings is 1. The predicted octanol–water partition coefficient (Wildman–Crippen LogP) is 1.23. The molecule has 1 aliphatic rings. The Balaban J connectivity index is 2.03. The molecule has 0 aliphatic heterocycles. The van der Waals surface area contributed by atoms with Gasteiger partial charge in [0.2, 0.25) is 0 Å². The highest BCUT2D eigenvalue weighted by molar-refractivity contribution is 7.92. The summed E-state index contributed by atoms with van der Waals surface area (Å²) in [6.45, 7) is 4.10. The molecule has 20 heavy (non-hydrogen) atoms. The van der Waals surface area contributed by atoms with Crippen LogP contribution in [0.25, 0.3) is 0 Å². The van der Waals surface area contributed by atoms with Gasteiger partial charge in [0.15, 0.2) is 9.84 Å². The highest BCUT2D eigenvalue weighted by atomic mass is 32.2. The Morgan fingerprint density at radius 1 is 1.35 bits per heavy atom. The number of nitrogens with one attached hydrogen (secondary N) is 1. The van der Waals surface area contributed by atoms with Crippen LogP contribution in [0.1, 0.15) is 31.4 Å². The van der Waals surface area contributed by atoms with Crippen molar-refractivity contribution in [2.24, 2.45) is 0 Å². The second kappa shape index (κ2) is 5.13. The Labute approximate surface area is 121 Å². The first kappa shape index (κ1) is 15.5. The minimum atomic E-state index is -3.12. The summed E-state index contributed by atoms with van der Waals surface area (Å²) in [4.78, 5) is 0. The van der Waals surface area contributed by atoms with E-state index in [1.165, 1.54) is 11.8 Å². The summed E-state index contributed by atoms with van der Waals surface area (Å²) in [7, 11) is -3.12. The van der Waals surface area contributed by atoms with Crippen molar-refractivity contribution < 1.29 is 13.5 Å². The van der Waals surface area contributed by atoms with Gasteiger partial charge in [-0.1, -0.05) is 24.3 Å². The van der Waals surface area contributed by atoms with Gasteiger partial charge in [-0.25, -0.2) is 8.42 Å². The molecule has 0 aromatic heterocycles. The minimum Gasteiger partial charge on any atom is -0.384 e. The van der Waals surface area contributed by atoms with Gasteiger partial charge in [0.1, 0.15) is 5.60 Å². The zero-order chi connectivity index (χ0) is 15.0. The maximum Gasteiger partial charge on any atom is 0.153 e. The Morgan fingerprint density at radius 2 is 2.00 bits per heavy atom. The summed E-state index contributed by atoms with van der Waals surface area (Å²) in [6.07, 6.45) is 2.79. The largest absolute Gasteiger partial charge is 0.384 e. The highest BCUT2D eigenvalue weighted by Gasteiger charge is 2.37. The lowest BCUT2D eigenvalue weighted by Crippen LogP contribution is -2.46. The average Bonchev–Trinajstić information content (AvgIpc) is 2.67. The van der Waals surface area contributed by atoms with Crippen LogP contribution in [0, 0.1) is 0 Å². The molecule has 0 radical (unpaired) electrons. The van der Waals surface area contributed by atoms with E-state index in [0.29, 0.717) is 19.5 Å². The van der Waals surface area contributed by atoms with Gasteiger partial charge in [-0.15, -0.1) is 0 Å². The third-order valence-corrected chi connectivity index (χ3v) is 6.45. The number of hydrogen-bond donors (Lipinski definition) is 2. The summed E-state index contributed by atoms with van der Waals surface area (Å²) in [5.74, 6) is 0. The van der Waals surface area contributed by atoms with Gasteiger partial charge in [-0.3, -0.25) is 0 Å². The number of sulfone groups is 1. The molecule has 1 atom stereocenters. The molecule has 0 heterocycles. The Morgan fingerprint density at radius 3 is 2.65 bits per heavy atom. The summed E-state index contributed by atoms with van der Waals surface area (Å²) < 4.78 is 22.5. The predicted molar refractivity (Wildman–Crippen MR) is 80.5 cm³/mol. The summed E-state index contributed by atoms with van der Waals surface area (Å²) in [5.41, 5.74) is 1.26. The lowest BCUT2D eigenvalue weighted by atomic mass is 9.96. The third-order valence-electron chi connectivity index (χ3n) is 4.30. The Hall–Kier alpha value is -0.910. The summed E-state index contributed by atoms with van der Waals surface area (Å²) in [6, 6.07) is 7.89. The van der Waals surface area contributed by atoms with Crippen LogP contribution in [0.5, 0.6) is 0 Å². The van der Waals surface area contributed by atoms with Crippen LogP contribution in [0.15, 0.2) is 24.3 Å². The van der Waals surface area contributed by atoms with Crippen LogP contribution in [0.2, 0.25) is 0 Å². The van der Waals surface area contributed by atoms with Crippen LogP contribution in [-0.2, 0) is 21.9 Å². The van der Waals surface area contributed by atoms with E-state index in [-0.39, 0.29) is 0 Å². The van der Waals surface area contributed by atoms with E-state index < -0.39 is 20.2 Å². The lowest BCUT2D eigenvalue weighted by molar-refractivity contribution is 0.0385. The standard InChI is InChI=1S/C15H23NO3S/c1-14(2,20(3,18)19)10-16-11-15(17)9-8-12-6-4-5-7-13(12)15/h4-7,16-17H,8-11H2,1-3H3. The molecule has 0 amide bonds. The molecule has 5 heteroatoms. The maximum absolute atomic E-state index is 11.7. The van der Waals surface area contributed by atoms with Gasteiger partial charge >= 0.3 is 0 Å². The fraction of sp³-hybridized carbons (Fsp3) is 0.600. The van der Waals surface area contributed by atoms with E-state index in [1.54, 1.807) is 13.8 Å². The fourth-order valence-corrected chi connectivity index (χ4v) is 2.92. The molecular formula is C15H23NO3S. The van der Waals surface area contributed by atoms with E-state index in [2.05, 4.69) is 5.32 Å². The van der Waals surface area contributed by atoms with Crippen LogP contribution in [0.3, 0.4) is 0 Å². The van der Waals surface area contributed by atoms with Crippen LogP contribution in [0.4, 0.5) is 0 Å². The smallest absolute Gasteiger partial charge is 0.153 e. The number of rotatable bonds is 5. The molecule has 0 fully saturated rings. The van der Waals surface area contributed by atoms with Gasteiger partial charge in [-0.05, 0) is 37.8 Å². The molecule has 0 saturated carbocycles.